The molecule has 1 fully saturated rings. The largest absolute Gasteiger partial charge is 0.361 e. The van der Waals surface area contributed by atoms with Crippen LogP contribution in [0.3, 0.4) is 0 Å². The highest BCUT2D eigenvalue weighted by molar-refractivity contribution is 5.87. The number of nitrogens with zero attached hydrogens (tertiary/aromatic N) is 3. The molecular weight excluding hydrogens is 344 g/mol. The first-order chi connectivity index (χ1) is 12.9. The van der Waals surface area contributed by atoms with Gasteiger partial charge < -0.3 is 19.4 Å². The van der Waals surface area contributed by atoms with E-state index in [2.05, 4.69) is 23.4 Å². The summed E-state index contributed by atoms with van der Waals surface area (Å²) >= 11 is 0. The lowest BCUT2D eigenvalue weighted by atomic mass is 10.0. The van der Waals surface area contributed by atoms with Crippen molar-refractivity contribution in [1.29, 1.82) is 0 Å². The Labute approximate surface area is 157 Å². The minimum atomic E-state index is -0.176. The molecular formula is C20H24N4O3. The van der Waals surface area contributed by atoms with E-state index in [1.807, 2.05) is 12.1 Å². The van der Waals surface area contributed by atoms with Gasteiger partial charge in [0.1, 0.15) is 5.69 Å². The molecule has 0 spiro atoms. The lowest BCUT2D eigenvalue weighted by molar-refractivity contribution is -0.130. The van der Waals surface area contributed by atoms with Gasteiger partial charge in [0.25, 0.3) is 11.1 Å². The third kappa shape index (κ3) is 3.72. The summed E-state index contributed by atoms with van der Waals surface area (Å²) in [5.41, 5.74) is 1.81. The summed E-state index contributed by atoms with van der Waals surface area (Å²) in [6, 6.07) is 5.31. The quantitative estimate of drug-likeness (QED) is 0.781. The fraction of sp³-hybridized carbons (Fsp3) is 0.350. The number of pyridine rings is 2. The normalized spacial score (nSPS) is 13.9. The SMILES string of the molecule is C=CC(=O)N1CC(N(CCC)c2cc(-c3ccn(C)c(=O)c3)c[nH]c2=O)C1. The Morgan fingerprint density at radius 3 is 2.70 bits per heavy atom. The molecule has 2 aromatic rings. The van der Waals surface area contributed by atoms with Crippen molar-refractivity contribution in [2.45, 2.75) is 19.4 Å². The van der Waals surface area contributed by atoms with Crippen LogP contribution in [0, 0.1) is 0 Å². The smallest absolute Gasteiger partial charge is 0.271 e. The van der Waals surface area contributed by atoms with Crippen LogP contribution in [0.1, 0.15) is 13.3 Å². The zero-order valence-electron chi connectivity index (χ0n) is 15.6. The van der Waals surface area contributed by atoms with Crippen LogP contribution < -0.4 is 16.0 Å². The molecule has 0 saturated carbocycles. The maximum atomic E-state index is 12.5. The molecule has 7 nitrogen and oxygen atoms in total. The zero-order valence-corrected chi connectivity index (χ0v) is 15.6. The van der Waals surface area contributed by atoms with E-state index in [1.54, 1.807) is 30.4 Å². The zero-order chi connectivity index (χ0) is 19.6. The second-order valence-corrected chi connectivity index (χ2v) is 6.76. The number of likely N-dealkylation sites (tertiary alicyclic amines) is 1. The van der Waals surface area contributed by atoms with Crippen molar-refractivity contribution in [3.05, 3.63) is 64.0 Å². The molecule has 0 aliphatic carbocycles. The monoisotopic (exact) mass is 368 g/mol. The molecule has 7 heteroatoms. The Bertz CT molecular complexity index is 970. The highest BCUT2D eigenvalue weighted by Crippen LogP contribution is 2.25. The van der Waals surface area contributed by atoms with Crippen LogP contribution in [0.25, 0.3) is 11.1 Å². The topological polar surface area (TPSA) is 78.4 Å². The van der Waals surface area contributed by atoms with Crippen molar-refractivity contribution in [2.75, 3.05) is 24.5 Å². The Morgan fingerprint density at radius 1 is 1.33 bits per heavy atom. The lowest BCUT2D eigenvalue weighted by Crippen LogP contribution is -2.61. The van der Waals surface area contributed by atoms with Crippen LogP contribution in [0.4, 0.5) is 5.69 Å². The maximum absolute atomic E-state index is 12.5. The van der Waals surface area contributed by atoms with Gasteiger partial charge in [0, 0.05) is 50.7 Å². The average Bonchev–Trinajstić information content (AvgIpc) is 2.62. The molecule has 1 amide bonds. The third-order valence-corrected chi connectivity index (χ3v) is 4.88. The van der Waals surface area contributed by atoms with Crippen LogP contribution in [-0.2, 0) is 11.8 Å². The maximum Gasteiger partial charge on any atom is 0.271 e. The van der Waals surface area contributed by atoms with Gasteiger partial charge in [0.15, 0.2) is 0 Å². The number of nitrogens with one attached hydrogen (secondary N) is 1. The van der Waals surface area contributed by atoms with Gasteiger partial charge in [0.05, 0.1) is 6.04 Å². The molecule has 0 aromatic carbocycles. The number of anilines is 1. The molecule has 27 heavy (non-hydrogen) atoms. The van der Waals surface area contributed by atoms with E-state index in [9.17, 15) is 14.4 Å². The number of rotatable bonds is 6. The highest BCUT2D eigenvalue weighted by atomic mass is 16.2. The van der Waals surface area contributed by atoms with E-state index in [1.165, 1.54) is 10.6 Å². The standard InChI is InChI=1S/C20H24N4O3/c1-4-7-24(16-12-23(13-16)18(25)5-2)17-9-15(11-21-20(17)27)14-6-8-22(3)19(26)10-14/h5-6,8-11,16H,2,4,7,12-13H2,1,3H3,(H,21,27). The van der Waals surface area contributed by atoms with Gasteiger partial charge in [-0.1, -0.05) is 13.5 Å². The summed E-state index contributed by atoms with van der Waals surface area (Å²) < 4.78 is 1.50. The molecule has 0 bridgehead atoms. The summed E-state index contributed by atoms with van der Waals surface area (Å²) in [6.07, 6.45) is 5.52. The third-order valence-electron chi connectivity index (χ3n) is 4.88. The van der Waals surface area contributed by atoms with Crippen molar-refractivity contribution >= 4 is 11.6 Å². The van der Waals surface area contributed by atoms with Gasteiger partial charge in [-0.3, -0.25) is 14.4 Å². The van der Waals surface area contributed by atoms with Gasteiger partial charge in [-0.2, -0.15) is 0 Å². The van der Waals surface area contributed by atoms with Crippen molar-refractivity contribution in [2.24, 2.45) is 7.05 Å². The van der Waals surface area contributed by atoms with Gasteiger partial charge in [-0.15, -0.1) is 0 Å². The van der Waals surface area contributed by atoms with E-state index >= 15 is 0 Å². The first-order valence-electron chi connectivity index (χ1n) is 9.02. The minimum Gasteiger partial charge on any atom is -0.361 e. The molecule has 1 aliphatic heterocycles. The second-order valence-electron chi connectivity index (χ2n) is 6.76. The number of H-pyrrole nitrogens is 1. The van der Waals surface area contributed by atoms with Crippen molar-refractivity contribution in [1.82, 2.24) is 14.5 Å². The number of hydrogen-bond acceptors (Lipinski definition) is 4. The van der Waals surface area contributed by atoms with Gasteiger partial charge in [-0.25, -0.2) is 0 Å². The number of aryl methyl sites for hydroxylation is 1. The molecule has 0 unspecified atom stereocenters. The Morgan fingerprint density at radius 2 is 2.07 bits per heavy atom. The number of carbonyl (C=O) groups excluding carboxylic acids is 1. The first kappa shape index (κ1) is 18.7. The number of amides is 1. The van der Waals surface area contributed by atoms with Gasteiger partial charge in [-0.05, 0) is 30.2 Å². The fourth-order valence-corrected chi connectivity index (χ4v) is 3.28. The Balaban J connectivity index is 1.92. The number of carbonyl (C=O) groups is 1. The predicted octanol–water partition coefficient (Wildman–Crippen LogP) is 1.35. The molecule has 1 saturated heterocycles. The molecule has 0 atom stereocenters. The molecule has 142 valence electrons. The number of aromatic nitrogens is 2. The van der Waals surface area contributed by atoms with E-state index in [4.69, 9.17) is 0 Å². The van der Waals surface area contributed by atoms with Gasteiger partial charge in [0.2, 0.25) is 5.91 Å². The Kier molecular flexibility index (Phi) is 5.30. The summed E-state index contributed by atoms with van der Waals surface area (Å²) in [5, 5.41) is 0. The second kappa shape index (κ2) is 7.65. The van der Waals surface area contributed by atoms with E-state index in [0.717, 1.165) is 17.5 Å². The first-order valence-corrected chi connectivity index (χ1v) is 9.02. The summed E-state index contributed by atoms with van der Waals surface area (Å²) in [5.74, 6) is -0.0921. The van der Waals surface area contributed by atoms with Crippen LogP contribution in [0.2, 0.25) is 0 Å². The minimum absolute atomic E-state index is 0.0915. The van der Waals surface area contributed by atoms with Crippen LogP contribution in [-0.4, -0.2) is 46.0 Å². The van der Waals surface area contributed by atoms with E-state index < -0.39 is 0 Å². The number of hydrogen-bond donors (Lipinski definition) is 1. The highest BCUT2D eigenvalue weighted by Gasteiger charge is 2.34. The van der Waals surface area contributed by atoms with Crippen LogP contribution in [0.15, 0.2) is 52.8 Å². The van der Waals surface area contributed by atoms with Crippen molar-refractivity contribution in [3.8, 4) is 11.1 Å². The van der Waals surface area contributed by atoms with Crippen LogP contribution >= 0.6 is 0 Å². The summed E-state index contributed by atoms with van der Waals surface area (Å²) in [4.78, 5) is 42.7. The molecule has 0 radical (unpaired) electrons. The lowest BCUT2D eigenvalue weighted by Gasteiger charge is -2.45. The Hall–Kier alpha value is -3.09. The molecule has 1 aliphatic rings. The molecule has 2 aromatic heterocycles. The van der Waals surface area contributed by atoms with Crippen molar-refractivity contribution in [3.63, 3.8) is 0 Å². The summed E-state index contributed by atoms with van der Waals surface area (Å²) in [7, 11) is 1.69. The molecule has 1 N–H and O–H groups in total. The van der Waals surface area contributed by atoms with E-state index in [0.29, 0.717) is 25.3 Å². The molecule has 3 heterocycles. The molecule has 3 rings (SSSR count). The average molecular weight is 368 g/mol. The van der Waals surface area contributed by atoms with Gasteiger partial charge >= 0.3 is 0 Å². The predicted molar refractivity (Wildman–Crippen MR) is 106 cm³/mol. The van der Waals surface area contributed by atoms with E-state index in [-0.39, 0.29) is 23.1 Å². The van der Waals surface area contributed by atoms with Crippen molar-refractivity contribution < 1.29 is 4.79 Å². The fourth-order valence-electron chi connectivity index (χ4n) is 3.28. The number of aromatic amines is 1. The van der Waals surface area contributed by atoms with Crippen LogP contribution in [0.5, 0.6) is 0 Å². The summed E-state index contributed by atoms with van der Waals surface area (Å²) in [6.45, 7) is 7.42.